The van der Waals surface area contributed by atoms with Crippen molar-refractivity contribution < 1.29 is 0 Å². The van der Waals surface area contributed by atoms with Crippen LogP contribution in [0.1, 0.15) is 43.7 Å². The molecule has 1 saturated carbocycles. The number of nitrogens with zero attached hydrogens (tertiary/aromatic N) is 2. The first-order chi connectivity index (χ1) is 9.40. The molecule has 1 aliphatic carbocycles. The molecule has 2 aromatic rings. The highest BCUT2D eigenvalue weighted by atomic mass is 15.1. The van der Waals surface area contributed by atoms with Gasteiger partial charge < -0.3 is 9.88 Å². The van der Waals surface area contributed by atoms with E-state index in [1.807, 2.05) is 6.33 Å². The molecule has 1 unspecified atom stereocenters. The van der Waals surface area contributed by atoms with Crippen LogP contribution in [0.25, 0.3) is 11.0 Å². The predicted molar refractivity (Wildman–Crippen MR) is 77.3 cm³/mol. The maximum atomic E-state index is 4.58. The van der Waals surface area contributed by atoms with Gasteiger partial charge in [-0.2, -0.15) is 0 Å². The van der Waals surface area contributed by atoms with Crippen LogP contribution in [0.2, 0.25) is 0 Å². The summed E-state index contributed by atoms with van der Waals surface area (Å²) in [7, 11) is 0. The highest BCUT2D eigenvalue weighted by Gasteiger charge is 2.24. The van der Waals surface area contributed by atoms with Gasteiger partial charge >= 0.3 is 0 Å². The highest BCUT2D eigenvalue weighted by Crippen LogP contribution is 2.37. The van der Waals surface area contributed by atoms with Crippen LogP contribution in [0.15, 0.2) is 24.5 Å². The number of rotatable bonds is 3. The van der Waals surface area contributed by atoms with E-state index in [2.05, 4.69) is 33.1 Å². The van der Waals surface area contributed by atoms with Crippen LogP contribution in [0.3, 0.4) is 0 Å². The van der Waals surface area contributed by atoms with Crippen LogP contribution < -0.4 is 5.32 Å². The third-order valence-corrected chi connectivity index (χ3v) is 4.47. The first-order valence-electron chi connectivity index (χ1n) is 7.59. The normalized spacial score (nSPS) is 23.9. The fourth-order valence-electron chi connectivity index (χ4n) is 3.23. The van der Waals surface area contributed by atoms with Crippen molar-refractivity contribution in [1.29, 1.82) is 0 Å². The Hall–Kier alpha value is -1.35. The van der Waals surface area contributed by atoms with Crippen LogP contribution in [-0.4, -0.2) is 22.1 Å². The maximum Gasteiger partial charge on any atom is 0.0960 e. The Balaban J connectivity index is 1.57. The van der Waals surface area contributed by atoms with Crippen LogP contribution in [0.5, 0.6) is 0 Å². The first-order valence-corrected chi connectivity index (χ1v) is 7.59. The van der Waals surface area contributed by atoms with Crippen molar-refractivity contribution in [1.82, 2.24) is 14.9 Å². The number of hydrogen-bond acceptors (Lipinski definition) is 2. The Morgan fingerprint density at radius 1 is 1.21 bits per heavy atom. The summed E-state index contributed by atoms with van der Waals surface area (Å²) >= 11 is 0. The van der Waals surface area contributed by atoms with Crippen molar-refractivity contribution in [3.8, 4) is 0 Å². The standard InChI is InChI=1S/C16H21N3/c1-2-8-17-13(3-1)9-12-4-7-16-15(10-12)18-11-19(16)14-5-6-14/h4,7,10-11,13-14,17H,1-3,5-6,8-9H2. The molecule has 0 amide bonds. The van der Waals surface area contributed by atoms with E-state index in [9.17, 15) is 0 Å². The van der Waals surface area contributed by atoms with E-state index < -0.39 is 0 Å². The Labute approximate surface area is 114 Å². The lowest BCUT2D eigenvalue weighted by molar-refractivity contribution is 0.399. The predicted octanol–water partition coefficient (Wildman–Crippen LogP) is 3.06. The van der Waals surface area contributed by atoms with Gasteiger partial charge in [-0.25, -0.2) is 4.98 Å². The molecule has 2 aliphatic rings. The minimum Gasteiger partial charge on any atom is -0.327 e. The molecule has 2 heterocycles. The molecule has 1 atom stereocenters. The van der Waals surface area contributed by atoms with Crippen LogP contribution in [0, 0.1) is 0 Å². The zero-order valence-electron chi connectivity index (χ0n) is 11.3. The molecule has 100 valence electrons. The van der Waals surface area contributed by atoms with Crippen LogP contribution in [-0.2, 0) is 6.42 Å². The summed E-state index contributed by atoms with van der Waals surface area (Å²) in [5.41, 5.74) is 3.90. The minimum absolute atomic E-state index is 0.664. The van der Waals surface area contributed by atoms with E-state index in [4.69, 9.17) is 0 Å². The second-order valence-corrected chi connectivity index (χ2v) is 6.06. The molecular weight excluding hydrogens is 234 g/mol. The number of aromatic nitrogens is 2. The largest absolute Gasteiger partial charge is 0.327 e. The van der Waals surface area contributed by atoms with E-state index in [1.54, 1.807) is 0 Å². The summed E-state index contributed by atoms with van der Waals surface area (Å²) in [5.74, 6) is 0. The maximum absolute atomic E-state index is 4.58. The summed E-state index contributed by atoms with van der Waals surface area (Å²) in [6.07, 6.45) is 9.82. The summed E-state index contributed by atoms with van der Waals surface area (Å²) < 4.78 is 2.35. The zero-order chi connectivity index (χ0) is 12.7. The third-order valence-electron chi connectivity index (χ3n) is 4.47. The number of fused-ring (bicyclic) bond motifs is 1. The van der Waals surface area contributed by atoms with Crippen LogP contribution >= 0.6 is 0 Å². The number of hydrogen-bond donors (Lipinski definition) is 1. The van der Waals surface area contributed by atoms with Crippen molar-refractivity contribution in [3.05, 3.63) is 30.1 Å². The second kappa shape index (κ2) is 4.64. The molecule has 1 aromatic carbocycles. The molecule has 0 bridgehead atoms. The van der Waals surface area contributed by atoms with Crippen molar-refractivity contribution in [2.24, 2.45) is 0 Å². The molecule has 1 saturated heterocycles. The van der Waals surface area contributed by atoms with Gasteiger partial charge in [-0.1, -0.05) is 12.5 Å². The van der Waals surface area contributed by atoms with Gasteiger partial charge in [0.1, 0.15) is 0 Å². The molecule has 1 aliphatic heterocycles. The van der Waals surface area contributed by atoms with Crippen molar-refractivity contribution in [3.63, 3.8) is 0 Å². The lowest BCUT2D eigenvalue weighted by Crippen LogP contribution is -2.35. The van der Waals surface area contributed by atoms with Gasteiger partial charge in [-0.15, -0.1) is 0 Å². The van der Waals surface area contributed by atoms with Gasteiger partial charge in [0.25, 0.3) is 0 Å². The van der Waals surface area contributed by atoms with Gasteiger partial charge in [0, 0.05) is 12.1 Å². The topological polar surface area (TPSA) is 29.9 Å². The fourth-order valence-corrected chi connectivity index (χ4v) is 3.23. The smallest absolute Gasteiger partial charge is 0.0960 e. The summed E-state index contributed by atoms with van der Waals surface area (Å²) in [5, 5.41) is 3.62. The van der Waals surface area contributed by atoms with Crippen molar-refractivity contribution in [2.45, 2.75) is 50.6 Å². The van der Waals surface area contributed by atoms with Gasteiger partial charge in [0.15, 0.2) is 0 Å². The second-order valence-electron chi connectivity index (χ2n) is 6.06. The molecule has 1 N–H and O–H groups in total. The fraction of sp³-hybridized carbons (Fsp3) is 0.562. The van der Waals surface area contributed by atoms with Crippen molar-refractivity contribution in [2.75, 3.05) is 6.54 Å². The average molecular weight is 255 g/mol. The molecule has 4 rings (SSSR count). The molecule has 1 aromatic heterocycles. The molecule has 2 fully saturated rings. The Morgan fingerprint density at radius 2 is 2.16 bits per heavy atom. The molecule has 3 heteroatoms. The average Bonchev–Trinajstić information content (AvgIpc) is 3.20. The monoisotopic (exact) mass is 255 g/mol. The summed E-state index contributed by atoms with van der Waals surface area (Å²) in [6, 6.07) is 8.22. The van der Waals surface area contributed by atoms with E-state index in [-0.39, 0.29) is 0 Å². The molecule has 0 spiro atoms. The number of piperidine rings is 1. The minimum atomic E-state index is 0.664. The van der Waals surface area contributed by atoms with Gasteiger partial charge in [0.2, 0.25) is 0 Å². The number of benzene rings is 1. The Kier molecular flexibility index (Phi) is 2.80. The molecule has 0 radical (unpaired) electrons. The van der Waals surface area contributed by atoms with Gasteiger partial charge in [-0.3, -0.25) is 0 Å². The summed E-state index contributed by atoms with van der Waals surface area (Å²) in [4.78, 5) is 4.58. The molecular formula is C16H21N3. The highest BCUT2D eigenvalue weighted by molar-refractivity contribution is 5.76. The lowest BCUT2D eigenvalue weighted by atomic mass is 9.97. The van der Waals surface area contributed by atoms with Crippen molar-refractivity contribution >= 4 is 11.0 Å². The zero-order valence-corrected chi connectivity index (χ0v) is 11.3. The van der Waals surface area contributed by atoms with E-state index in [0.29, 0.717) is 6.04 Å². The van der Waals surface area contributed by atoms with E-state index in [1.165, 1.54) is 55.2 Å². The van der Waals surface area contributed by atoms with E-state index in [0.717, 1.165) is 12.5 Å². The quantitative estimate of drug-likeness (QED) is 0.913. The SMILES string of the molecule is c1cc2c(cc1CC1CCCCN1)ncn2C1CC1. The van der Waals surface area contributed by atoms with Crippen LogP contribution in [0.4, 0.5) is 0 Å². The summed E-state index contributed by atoms with van der Waals surface area (Å²) in [6.45, 7) is 1.18. The first kappa shape index (κ1) is 11.5. The Bertz CT molecular complexity index is 577. The number of imidazole rings is 1. The Morgan fingerprint density at radius 3 is 2.95 bits per heavy atom. The third kappa shape index (κ3) is 2.27. The van der Waals surface area contributed by atoms with E-state index >= 15 is 0 Å². The van der Waals surface area contributed by atoms with Gasteiger partial charge in [-0.05, 0) is 56.3 Å². The number of nitrogens with one attached hydrogen (secondary N) is 1. The molecule has 3 nitrogen and oxygen atoms in total. The molecule has 19 heavy (non-hydrogen) atoms. The lowest BCUT2D eigenvalue weighted by Gasteiger charge is -2.23. The van der Waals surface area contributed by atoms with Gasteiger partial charge in [0.05, 0.1) is 17.4 Å².